The minimum atomic E-state index is -1.08. The van der Waals surface area contributed by atoms with Gasteiger partial charge in [0, 0.05) is 23.3 Å². The van der Waals surface area contributed by atoms with Crippen molar-refractivity contribution < 1.29 is 33.0 Å². The Morgan fingerprint density at radius 2 is 1.66 bits per heavy atom. The van der Waals surface area contributed by atoms with E-state index in [4.69, 9.17) is 4.74 Å². The van der Waals surface area contributed by atoms with E-state index in [1.54, 1.807) is 19.1 Å². The van der Waals surface area contributed by atoms with Crippen molar-refractivity contribution in [1.29, 1.82) is 0 Å². The number of likely N-dealkylation sites (tertiary alicyclic amines) is 1. The second kappa shape index (κ2) is 11.8. The summed E-state index contributed by atoms with van der Waals surface area (Å²) in [5.74, 6) is -2.81. The predicted molar refractivity (Wildman–Crippen MR) is 140 cm³/mol. The van der Waals surface area contributed by atoms with E-state index < -0.39 is 23.4 Å². The molecule has 4 rings (SSSR count). The molecule has 0 aromatic heterocycles. The maximum absolute atomic E-state index is 13.7. The van der Waals surface area contributed by atoms with Crippen molar-refractivity contribution in [2.45, 2.75) is 60.6 Å². The van der Waals surface area contributed by atoms with Crippen molar-refractivity contribution in [3.63, 3.8) is 0 Å². The lowest BCUT2D eigenvalue weighted by atomic mass is 9.81. The molecule has 1 saturated heterocycles. The highest BCUT2D eigenvalue weighted by Gasteiger charge is 2.51. The largest absolute Gasteiger partial charge is 0.480 e. The molecule has 204 valence electrons. The monoisotopic (exact) mass is 545 g/mol. The molecular weight excluding hydrogens is 512 g/mol. The molecule has 1 aliphatic carbocycles. The highest BCUT2D eigenvalue weighted by Crippen LogP contribution is 2.51. The number of halogens is 2. The number of carbonyl (C=O) groups excluding carboxylic acids is 2. The Balaban J connectivity index is 1.64. The number of carbonyl (C=O) groups is 3. The third kappa shape index (κ3) is 5.87. The SMILES string of the molecule is COC(=O)C1CCC(C(=O)N2CC(Sc3ccc(F)cc3)(c3ccc(C(C)CF)cc3)C[C@H]2C(=O)O)CC1. The van der Waals surface area contributed by atoms with E-state index in [0.717, 1.165) is 16.0 Å². The molecule has 2 unspecified atom stereocenters. The topological polar surface area (TPSA) is 83.9 Å². The molecule has 9 heteroatoms. The number of esters is 1. The Bertz CT molecular complexity index is 1150. The van der Waals surface area contributed by atoms with Crippen LogP contribution in [0.1, 0.15) is 56.1 Å². The standard InChI is InChI=1S/C29H33F2NO5S/c1-18(16-30)19-7-9-22(10-8-19)29(38-24-13-11-23(31)12-14-24)15-25(27(34)35)32(17-29)26(33)20-3-5-21(6-4-20)28(36)37-2/h7-14,18,20-21,25H,3-6,15-17H2,1-2H3,(H,34,35)/t18?,20?,21?,25-,29?/m0/s1. The number of carboxylic acid groups (broad SMARTS) is 1. The first-order valence-corrected chi connectivity index (χ1v) is 13.7. The molecule has 2 fully saturated rings. The summed E-state index contributed by atoms with van der Waals surface area (Å²) in [6.45, 7) is 1.47. The molecule has 1 aliphatic heterocycles. The van der Waals surface area contributed by atoms with Crippen LogP contribution >= 0.6 is 11.8 Å². The van der Waals surface area contributed by atoms with Gasteiger partial charge in [-0.25, -0.2) is 9.18 Å². The number of hydrogen-bond donors (Lipinski definition) is 1. The van der Waals surface area contributed by atoms with Gasteiger partial charge in [-0.05, 0) is 67.5 Å². The molecule has 1 amide bonds. The van der Waals surface area contributed by atoms with Gasteiger partial charge in [-0.15, -0.1) is 11.8 Å². The van der Waals surface area contributed by atoms with E-state index in [9.17, 15) is 28.3 Å². The Morgan fingerprint density at radius 3 is 2.21 bits per heavy atom. The van der Waals surface area contributed by atoms with Gasteiger partial charge in [-0.2, -0.15) is 0 Å². The van der Waals surface area contributed by atoms with Crippen LogP contribution in [-0.4, -0.2) is 54.2 Å². The highest BCUT2D eigenvalue weighted by atomic mass is 32.2. The summed E-state index contributed by atoms with van der Waals surface area (Å²) in [6.07, 6.45) is 2.22. The molecule has 2 aliphatic rings. The third-order valence-electron chi connectivity index (χ3n) is 7.87. The number of methoxy groups -OCH3 is 1. The number of aliphatic carboxylic acids is 1. The van der Waals surface area contributed by atoms with Crippen molar-refractivity contribution >= 4 is 29.6 Å². The van der Waals surface area contributed by atoms with Crippen molar-refractivity contribution in [2.75, 3.05) is 20.3 Å². The van der Waals surface area contributed by atoms with Crippen LogP contribution in [0.3, 0.4) is 0 Å². The van der Waals surface area contributed by atoms with Gasteiger partial charge in [0.1, 0.15) is 11.9 Å². The van der Waals surface area contributed by atoms with E-state index >= 15 is 0 Å². The van der Waals surface area contributed by atoms with E-state index in [1.165, 1.54) is 35.9 Å². The molecule has 38 heavy (non-hydrogen) atoms. The average molecular weight is 546 g/mol. The first-order valence-electron chi connectivity index (χ1n) is 12.9. The molecule has 3 atom stereocenters. The average Bonchev–Trinajstić information content (AvgIpc) is 3.34. The van der Waals surface area contributed by atoms with Crippen LogP contribution in [0.5, 0.6) is 0 Å². The summed E-state index contributed by atoms with van der Waals surface area (Å²) in [5, 5.41) is 10.2. The fourth-order valence-electron chi connectivity index (χ4n) is 5.58. The van der Waals surface area contributed by atoms with E-state index in [0.29, 0.717) is 25.7 Å². The Labute approximate surface area is 225 Å². The number of amides is 1. The van der Waals surface area contributed by atoms with Crippen molar-refractivity contribution in [3.8, 4) is 0 Å². The van der Waals surface area contributed by atoms with Gasteiger partial charge in [0.15, 0.2) is 0 Å². The van der Waals surface area contributed by atoms with Gasteiger partial charge in [0.05, 0.1) is 24.4 Å². The maximum atomic E-state index is 13.7. The summed E-state index contributed by atoms with van der Waals surface area (Å²) < 4.78 is 30.9. The molecule has 1 N–H and O–H groups in total. The zero-order valence-corrected chi connectivity index (χ0v) is 22.4. The summed E-state index contributed by atoms with van der Waals surface area (Å²) in [7, 11) is 1.35. The smallest absolute Gasteiger partial charge is 0.326 e. The molecule has 0 bridgehead atoms. The van der Waals surface area contributed by atoms with Gasteiger partial charge in [-0.3, -0.25) is 14.0 Å². The quantitative estimate of drug-likeness (QED) is 0.438. The van der Waals surface area contributed by atoms with Crippen LogP contribution in [0.4, 0.5) is 8.78 Å². The second-order valence-electron chi connectivity index (χ2n) is 10.3. The van der Waals surface area contributed by atoms with Crippen LogP contribution < -0.4 is 0 Å². The summed E-state index contributed by atoms with van der Waals surface area (Å²) in [6, 6.07) is 12.4. The van der Waals surface area contributed by atoms with Crippen molar-refractivity contribution in [1.82, 2.24) is 4.90 Å². The maximum Gasteiger partial charge on any atom is 0.326 e. The van der Waals surface area contributed by atoms with Gasteiger partial charge in [0.2, 0.25) is 5.91 Å². The summed E-state index contributed by atoms with van der Waals surface area (Å²) in [5.41, 5.74) is 1.67. The minimum absolute atomic E-state index is 0.166. The Kier molecular flexibility index (Phi) is 8.75. The molecule has 0 radical (unpaired) electrons. The van der Waals surface area contributed by atoms with E-state index in [2.05, 4.69) is 0 Å². The molecule has 2 aromatic rings. The zero-order chi connectivity index (χ0) is 27.4. The predicted octanol–water partition coefficient (Wildman–Crippen LogP) is 5.55. The molecule has 1 heterocycles. The second-order valence-corrected chi connectivity index (χ2v) is 11.8. The number of rotatable bonds is 8. The summed E-state index contributed by atoms with van der Waals surface area (Å²) >= 11 is 1.42. The normalized spacial score (nSPS) is 26.1. The van der Waals surface area contributed by atoms with E-state index in [-0.39, 0.29) is 48.4 Å². The summed E-state index contributed by atoms with van der Waals surface area (Å²) in [4.78, 5) is 40.3. The Morgan fingerprint density at radius 1 is 1.05 bits per heavy atom. The number of carboxylic acids is 1. The fourth-order valence-corrected chi connectivity index (χ4v) is 7.00. The zero-order valence-electron chi connectivity index (χ0n) is 21.6. The van der Waals surface area contributed by atoms with Crippen LogP contribution in [0.2, 0.25) is 0 Å². The van der Waals surface area contributed by atoms with Crippen LogP contribution in [0.15, 0.2) is 53.4 Å². The van der Waals surface area contributed by atoms with Gasteiger partial charge in [0.25, 0.3) is 0 Å². The number of ether oxygens (including phenoxy) is 1. The van der Waals surface area contributed by atoms with Crippen LogP contribution in [0, 0.1) is 17.7 Å². The first-order chi connectivity index (χ1) is 18.2. The number of thioether (sulfide) groups is 1. The molecule has 6 nitrogen and oxygen atoms in total. The lowest BCUT2D eigenvalue weighted by molar-refractivity contribution is -0.152. The Hall–Kier alpha value is -2.94. The van der Waals surface area contributed by atoms with Crippen molar-refractivity contribution in [3.05, 3.63) is 65.5 Å². The third-order valence-corrected chi connectivity index (χ3v) is 9.30. The molecular formula is C29H33F2NO5S. The van der Waals surface area contributed by atoms with Gasteiger partial charge < -0.3 is 14.7 Å². The number of nitrogens with zero attached hydrogens (tertiary/aromatic N) is 1. The molecule has 1 saturated carbocycles. The van der Waals surface area contributed by atoms with Crippen LogP contribution in [0.25, 0.3) is 0 Å². The molecule has 0 spiro atoms. The fraction of sp³-hybridized carbons (Fsp3) is 0.483. The van der Waals surface area contributed by atoms with Crippen LogP contribution in [-0.2, 0) is 23.9 Å². The minimum Gasteiger partial charge on any atom is -0.480 e. The van der Waals surface area contributed by atoms with Gasteiger partial charge in [-0.1, -0.05) is 31.2 Å². The molecule has 2 aromatic carbocycles. The van der Waals surface area contributed by atoms with Crippen molar-refractivity contribution in [2.24, 2.45) is 11.8 Å². The lowest BCUT2D eigenvalue weighted by Gasteiger charge is -2.32. The number of benzene rings is 2. The highest BCUT2D eigenvalue weighted by molar-refractivity contribution is 8.00. The van der Waals surface area contributed by atoms with E-state index in [1.807, 2.05) is 24.3 Å². The van der Waals surface area contributed by atoms with Gasteiger partial charge >= 0.3 is 11.9 Å². The first kappa shape index (κ1) is 28.1. The number of alkyl halides is 1. The number of hydrogen-bond acceptors (Lipinski definition) is 5. The lowest BCUT2D eigenvalue weighted by Crippen LogP contribution is -2.45.